The summed E-state index contributed by atoms with van der Waals surface area (Å²) in [5.74, 6) is 3.53. The third kappa shape index (κ3) is 3.98. The number of rotatable bonds is 7. The first-order valence-electron chi connectivity index (χ1n) is 10.2. The van der Waals surface area contributed by atoms with E-state index in [9.17, 15) is 4.79 Å². The maximum Gasteiger partial charge on any atom is 0.253 e. The van der Waals surface area contributed by atoms with Gasteiger partial charge < -0.3 is 18.8 Å². The molecule has 0 radical (unpaired) electrons. The molecule has 1 aromatic heterocycles. The largest absolute Gasteiger partial charge is 0.490 e. The molecule has 4 rings (SSSR count). The average Bonchev–Trinajstić information content (AvgIpc) is 3.46. The maximum atomic E-state index is 12.9. The van der Waals surface area contributed by atoms with Gasteiger partial charge in [-0.3, -0.25) is 4.79 Å². The third-order valence-corrected chi connectivity index (χ3v) is 5.30. The van der Waals surface area contributed by atoms with Crippen molar-refractivity contribution in [2.45, 2.75) is 51.4 Å². The molecule has 7 heteroatoms. The van der Waals surface area contributed by atoms with Crippen molar-refractivity contribution in [2.75, 3.05) is 26.3 Å². The summed E-state index contributed by atoms with van der Waals surface area (Å²) in [4.78, 5) is 14.8. The average molecular weight is 385 g/mol. The second-order valence-corrected chi connectivity index (χ2v) is 7.35. The van der Waals surface area contributed by atoms with E-state index >= 15 is 0 Å². The van der Waals surface area contributed by atoms with Crippen LogP contribution in [-0.4, -0.2) is 47.3 Å². The second-order valence-electron chi connectivity index (χ2n) is 7.35. The molecule has 0 atom stereocenters. The lowest BCUT2D eigenvalue weighted by atomic mass is 9.96. The fourth-order valence-electron chi connectivity index (χ4n) is 3.60. The molecule has 1 aliphatic heterocycles. The number of ether oxygens (including phenoxy) is 2. The standard InChI is InChI=1S/C21H27N3O4/c1-3-26-17-8-7-16(13-18(17)27-4-2)21(25)24-11-9-15(10-12-24)20-23-22-19(28-20)14-5-6-14/h7-8,13-15H,3-6,9-12H2,1-2H3. The van der Waals surface area contributed by atoms with Crippen molar-refractivity contribution in [3.63, 3.8) is 0 Å². The topological polar surface area (TPSA) is 77.7 Å². The van der Waals surface area contributed by atoms with E-state index in [1.165, 1.54) is 0 Å². The Kier molecular flexibility index (Phi) is 5.50. The Morgan fingerprint density at radius 3 is 2.21 bits per heavy atom. The minimum atomic E-state index is 0.0200. The summed E-state index contributed by atoms with van der Waals surface area (Å²) in [7, 11) is 0. The van der Waals surface area contributed by atoms with Crippen LogP contribution in [0.1, 0.15) is 73.5 Å². The maximum absolute atomic E-state index is 12.9. The van der Waals surface area contributed by atoms with Gasteiger partial charge >= 0.3 is 0 Å². The lowest BCUT2D eigenvalue weighted by Gasteiger charge is -2.30. The Hall–Kier alpha value is -2.57. The highest BCUT2D eigenvalue weighted by Gasteiger charge is 2.32. The van der Waals surface area contributed by atoms with Gasteiger partial charge in [-0.2, -0.15) is 0 Å². The fraction of sp³-hybridized carbons (Fsp3) is 0.571. The first-order valence-corrected chi connectivity index (χ1v) is 10.2. The molecule has 150 valence electrons. The molecular weight excluding hydrogens is 358 g/mol. The quantitative estimate of drug-likeness (QED) is 0.722. The van der Waals surface area contributed by atoms with E-state index in [0.29, 0.717) is 49.3 Å². The summed E-state index contributed by atoms with van der Waals surface area (Å²) < 4.78 is 17.1. The summed E-state index contributed by atoms with van der Waals surface area (Å²) >= 11 is 0. The van der Waals surface area contributed by atoms with Crippen LogP contribution in [0.2, 0.25) is 0 Å². The van der Waals surface area contributed by atoms with Crippen LogP contribution in [-0.2, 0) is 0 Å². The van der Waals surface area contributed by atoms with Crippen molar-refractivity contribution in [3.05, 3.63) is 35.5 Å². The van der Waals surface area contributed by atoms with Crippen molar-refractivity contribution in [1.82, 2.24) is 15.1 Å². The zero-order valence-corrected chi connectivity index (χ0v) is 16.5. The molecule has 1 saturated heterocycles. The molecule has 2 fully saturated rings. The van der Waals surface area contributed by atoms with Crippen molar-refractivity contribution < 1.29 is 18.7 Å². The Bertz CT molecular complexity index is 823. The van der Waals surface area contributed by atoms with Gasteiger partial charge in [0, 0.05) is 30.5 Å². The molecule has 2 heterocycles. The summed E-state index contributed by atoms with van der Waals surface area (Å²) in [5.41, 5.74) is 0.624. The SMILES string of the molecule is CCOc1ccc(C(=O)N2CCC(c3nnc(C4CC4)o3)CC2)cc1OCC. The normalized spacial score (nSPS) is 17.6. The van der Waals surface area contributed by atoms with Crippen molar-refractivity contribution >= 4 is 5.91 Å². The van der Waals surface area contributed by atoms with E-state index in [2.05, 4.69) is 10.2 Å². The summed E-state index contributed by atoms with van der Waals surface area (Å²) in [6.45, 7) is 6.29. The van der Waals surface area contributed by atoms with Crippen LogP contribution in [0.5, 0.6) is 11.5 Å². The van der Waals surface area contributed by atoms with Crippen LogP contribution in [0.15, 0.2) is 22.6 Å². The molecular formula is C21H27N3O4. The number of aromatic nitrogens is 2. The van der Waals surface area contributed by atoms with Crippen LogP contribution in [0.3, 0.4) is 0 Å². The van der Waals surface area contributed by atoms with E-state index in [4.69, 9.17) is 13.9 Å². The third-order valence-electron chi connectivity index (χ3n) is 5.30. The lowest BCUT2D eigenvalue weighted by molar-refractivity contribution is 0.0705. The number of nitrogens with zero attached hydrogens (tertiary/aromatic N) is 3. The van der Waals surface area contributed by atoms with Crippen molar-refractivity contribution in [2.24, 2.45) is 0 Å². The number of piperidine rings is 1. The van der Waals surface area contributed by atoms with Gasteiger partial charge in [-0.1, -0.05) is 0 Å². The summed E-state index contributed by atoms with van der Waals surface area (Å²) in [6, 6.07) is 5.40. The minimum absolute atomic E-state index is 0.0200. The second kappa shape index (κ2) is 8.20. The van der Waals surface area contributed by atoms with Crippen LogP contribution < -0.4 is 9.47 Å². The molecule has 0 bridgehead atoms. The molecule has 1 aliphatic carbocycles. The number of hydrogen-bond donors (Lipinski definition) is 0. The van der Waals surface area contributed by atoms with Gasteiger partial charge in [0.25, 0.3) is 5.91 Å². The summed E-state index contributed by atoms with van der Waals surface area (Å²) in [5, 5.41) is 8.42. The van der Waals surface area contributed by atoms with Gasteiger partial charge in [-0.05, 0) is 57.7 Å². The highest BCUT2D eigenvalue weighted by atomic mass is 16.5. The van der Waals surface area contributed by atoms with Crippen LogP contribution in [0, 0.1) is 0 Å². The van der Waals surface area contributed by atoms with Gasteiger partial charge in [0.15, 0.2) is 11.5 Å². The lowest BCUT2D eigenvalue weighted by Crippen LogP contribution is -2.38. The monoisotopic (exact) mass is 385 g/mol. The molecule has 0 unspecified atom stereocenters. The predicted molar refractivity (Wildman–Crippen MR) is 103 cm³/mol. The highest BCUT2D eigenvalue weighted by Crippen LogP contribution is 2.40. The van der Waals surface area contributed by atoms with E-state index in [0.717, 1.165) is 37.5 Å². The highest BCUT2D eigenvalue weighted by molar-refractivity contribution is 5.95. The van der Waals surface area contributed by atoms with Gasteiger partial charge in [0.05, 0.1) is 13.2 Å². The van der Waals surface area contributed by atoms with E-state index in [-0.39, 0.29) is 11.8 Å². The molecule has 28 heavy (non-hydrogen) atoms. The fourth-order valence-corrected chi connectivity index (χ4v) is 3.60. The van der Waals surface area contributed by atoms with Crippen LogP contribution >= 0.6 is 0 Å². The first kappa shape index (κ1) is 18.8. The van der Waals surface area contributed by atoms with Gasteiger partial charge in [-0.15, -0.1) is 10.2 Å². The van der Waals surface area contributed by atoms with E-state index in [1.807, 2.05) is 30.9 Å². The smallest absolute Gasteiger partial charge is 0.253 e. The van der Waals surface area contributed by atoms with E-state index < -0.39 is 0 Å². The first-order chi connectivity index (χ1) is 13.7. The number of likely N-dealkylation sites (tertiary alicyclic amines) is 1. The zero-order chi connectivity index (χ0) is 19.5. The van der Waals surface area contributed by atoms with Gasteiger partial charge in [0.1, 0.15) is 0 Å². The summed E-state index contributed by atoms with van der Waals surface area (Å²) in [6.07, 6.45) is 3.99. The van der Waals surface area contributed by atoms with Gasteiger partial charge in [0.2, 0.25) is 11.8 Å². The Morgan fingerprint density at radius 1 is 1.00 bits per heavy atom. The zero-order valence-electron chi connectivity index (χ0n) is 16.5. The molecule has 2 aliphatic rings. The minimum Gasteiger partial charge on any atom is -0.490 e. The number of carbonyl (C=O) groups is 1. The molecule has 0 N–H and O–H groups in total. The van der Waals surface area contributed by atoms with Gasteiger partial charge in [-0.25, -0.2) is 0 Å². The molecule has 1 amide bonds. The Balaban J connectivity index is 1.39. The molecule has 2 aromatic rings. The molecule has 0 spiro atoms. The predicted octanol–water partition coefficient (Wildman–Crippen LogP) is 3.76. The van der Waals surface area contributed by atoms with Crippen LogP contribution in [0.4, 0.5) is 0 Å². The number of benzene rings is 1. The number of amides is 1. The Labute approximate surface area is 165 Å². The molecule has 1 saturated carbocycles. The van der Waals surface area contributed by atoms with E-state index in [1.54, 1.807) is 6.07 Å². The number of hydrogen-bond acceptors (Lipinski definition) is 6. The molecule has 1 aromatic carbocycles. The van der Waals surface area contributed by atoms with Crippen molar-refractivity contribution in [1.29, 1.82) is 0 Å². The van der Waals surface area contributed by atoms with Crippen molar-refractivity contribution in [3.8, 4) is 11.5 Å². The Morgan fingerprint density at radius 2 is 1.61 bits per heavy atom. The van der Waals surface area contributed by atoms with Crippen LogP contribution in [0.25, 0.3) is 0 Å². The number of carbonyl (C=O) groups excluding carboxylic acids is 1. The molecule has 7 nitrogen and oxygen atoms in total.